The van der Waals surface area contributed by atoms with E-state index in [4.69, 9.17) is 11.6 Å². The first-order chi connectivity index (χ1) is 9.50. The van der Waals surface area contributed by atoms with Gasteiger partial charge in [-0.05, 0) is 18.6 Å². The number of nitrogens with one attached hydrogen (secondary N) is 1. The Hall–Kier alpha value is -1.61. The van der Waals surface area contributed by atoms with Crippen LogP contribution in [0.15, 0.2) is 54.6 Å². The van der Waals surface area contributed by atoms with Crippen molar-refractivity contribution in [3.63, 3.8) is 0 Å². The Balaban J connectivity index is 2.13. The smallest absolute Gasteiger partial charge is 0.290 e. The molecule has 0 fully saturated rings. The van der Waals surface area contributed by atoms with Crippen molar-refractivity contribution in [1.82, 2.24) is 0 Å². The highest BCUT2D eigenvalue weighted by Gasteiger charge is 2.31. The van der Waals surface area contributed by atoms with Crippen molar-refractivity contribution >= 4 is 17.3 Å². The summed E-state index contributed by atoms with van der Waals surface area (Å²) in [5.74, 6) is -2.93. The van der Waals surface area contributed by atoms with Crippen molar-refractivity contribution in [3.05, 3.63) is 65.7 Å². The number of anilines is 1. The highest BCUT2D eigenvalue weighted by molar-refractivity contribution is 6.21. The maximum Gasteiger partial charge on any atom is 0.290 e. The molecule has 2 aromatic carbocycles. The summed E-state index contributed by atoms with van der Waals surface area (Å²) < 4.78 is 28.2. The molecule has 0 aliphatic heterocycles. The summed E-state index contributed by atoms with van der Waals surface area (Å²) in [4.78, 5) is 0. The number of benzene rings is 2. The molecule has 0 heterocycles. The molecule has 0 aliphatic carbocycles. The molecular formula is C16H16ClF2N. The van der Waals surface area contributed by atoms with Gasteiger partial charge in [0.1, 0.15) is 0 Å². The summed E-state index contributed by atoms with van der Waals surface area (Å²) in [5.41, 5.74) is 1.47. The molecule has 0 spiro atoms. The van der Waals surface area contributed by atoms with Gasteiger partial charge in [-0.3, -0.25) is 0 Å². The van der Waals surface area contributed by atoms with Crippen LogP contribution in [-0.4, -0.2) is 6.54 Å². The van der Waals surface area contributed by atoms with Crippen LogP contribution in [0.1, 0.15) is 23.4 Å². The van der Waals surface area contributed by atoms with Gasteiger partial charge in [-0.25, -0.2) is 0 Å². The van der Waals surface area contributed by atoms with Crippen molar-refractivity contribution in [2.45, 2.75) is 18.2 Å². The summed E-state index contributed by atoms with van der Waals surface area (Å²) in [6, 6.07) is 15.0. The minimum Gasteiger partial charge on any atom is -0.378 e. The largest absolute Gasteiger partial charge is 0.378 e. The van der Waals surface area contributed by atoms with Crippen molar-refractivity contribution < 1.29 is 8.78 Å². The fourth-order valence-corrected chi connectivity index (χ4v) is 2.19. The van der Waals surface area contributed by atoms with Gasteiger partial charge in [0.2, 0.25) is 0 Å². The molecule has 20 heavy (non-hydrogen) atoms. The SMILES string of the molecule is CC(Cl)c1ccccc1NCC(F)(F)c1ccccc1. The molecule has 0 bridgehead atoms. The Morgan fingerprint density at radius 3 is 2.30 bits per heavy atom. The Bertz CT molecular complexity index is 555. The van der Waals surface area contributed by atoms with E-state index >= 15 is 0 Å². The first kappa shape index (κ1) is 14.8. The van der Waals surface area contributed by atoms with Crippen LogP contribution in [-0.2, 0) is 5.92 Å². The second-order valence-electron chi connectivity index (χ2n) is 4.63. The van der Waals surface area contributed by atoms with Gasteiger partial charge in [0.25, 0.3) is 5.92 Å². The lowest BCUT2D eigenvalue weighted by Crippen LogP contribution is -2.25. The van der Waals surface area contributed by atoms with Crippen LogP contribution in [0.2, 0.25) is 0 Å². The van der Waals surface area contributed by atoms with Crippen LogP contribution in [0, 0.1) is 0 Å². The number of hydrogen-bond acceptors (Lipinski definition) is 1. The lowest BCUT2D eigenvalue weighted by atomic mass is 10.1. The molecular weight excluding hydrogens is 280 g/mol. The molecule has 0 saturated carbocycles. The summed E-state index contributed by atoms with van der Waals surface area (Å²) in [7, 11) is 0. The molecule has 1 atom stereocenters. The van der Waals surface area contributed by atoms with E-state index in [-0.39, 0.29) is 10.9 Å². The van der Waals surface area contributed by atoms with Crippen molar-refractivity contribution in [3.8, 4) is 0 Å². The van der Waals surface area contributed by atoms with Gasteiger partial charge in [-0.1, -0.05) is 48.5 Å². The lowest BCUT2D eigenvalue weighted by Gasteiger charge is -2.20. The summed E-state index contributed by atoms with van der Waals surface area (Å²) in [6.07, 6.45) is 0. The number of para-hydroxylation sites is 1. The molecule has 1 nitrogen and oxygen atoms in total. The van der Waals surface area contributed by atoms with Crippen molar-refractivity contribution in [2.75, 3.05) is 11.9 Å². The average Bonchev–Trinajstić information content (AvgIpc) is 2.46. The van der Waals surface area contributed by atoms with Crippen LogP contribution in [0.4, 0.5) is 14.5 Å². The third-order valence-electron chi connectivity index (χ3n) is 3.09. The predicted octanol–water partition coefficient (Wildman–Crippen LogP) is 5.19. The molecule has 0 radical (unpaired) electrons. The quantitative estimate of drug-likeness (QED) is 0.749. The molecule has 0 saturated heterocycles. The number of hydrogen-bond donors (Lipinski definition) is 1. The van der Waals surface area contributed by atoms with Crippen LogP contribution in [0.3, 0.4) is 0 Å². The minimum absolute atomic E-state index is 0.00361. The lowest BCUT2D eigenvalue weighted by molar-refractivity contribution is 0.0106. The number of alkyl halides is 3. The zero-order chi connectivity index (χ0) is 14.6. The second-order valence-corrected chi connectivity index (χ2v) is 5.28. The van der Waals surface area contributed by atoms with Gasteiger partial charge >= 0.3 is 0 Å². The highest BCUT2D eigenvalue weighted by atomic mass is 35.5. The fraction of sp³-hybridized carbons (Fsp3) is 0.250. The third kappa shape index (κ3) is 3.48. The van der Waals surface area contributed by atoms with Gasteiger partial charge < -0.3 is 5.32 Å². The monoisotopic (exact) mass is 295 g/mol. The van der Waals surface area contributed by atoms with E-state index in [1.165, 1.54) is 12.1 Å². The Labute approximate surface area is 122 Å². The van der Waals surface area contributed by atoms with E-state index in [0.29, 0.717) is 5.69 Å². The zero-order valence-electron chi connectivity index (χ0n) is 11.1. The van der Waals surface area contributed by atoms with Crippen LogP contribution in [0.25, 0.3) is 0 Å². The fourth-order valence-electron chi connectivity index (χ4n) is 2.00. The van der Waals surface area contributed by atoms with Gasteiger partial charge in [0.05, 0.1) is 11.9 Å². The predicted molar refractivity (Wildman–Crippen MR) is 79.5 cm³/mol. The minimum atomic E-state index is -2.93. The maximum atomic E-state index is 14.1. The van der Waals surface area contributed by atoms with Crippen molar-refractivity contribution in [1.29, 1.82) is 0 Å². The van der Waals surface area contributed by atoms with Crippen LogP contribution >= 0.6 is 11.6 Å². The molecule has 1 unspecified atom stereocenters. The van der Waals surface area contributed by atoms with Gasteiger partial charge in [0.15, 0.2) is 0 Å². The topological polar surface area (TPSA) is 12.0 Å². The normalized spacial score (nSPS) is 13.0. The Morgan fingerprint density at radius 1 is 1.05 bits per heavy atom. The molecule has 4 heteroatoms. The summed E-state index contributed by atoms with van der Waals surface area (Å²) >= 11 is 6.05. The van der Waals surface area contributed by atoms with E-state index in [2.05, 4.69) is 5.32 Å². The van der Waals surface area contributed by atoms with E-state index in [9.17, 15) is 8.78 Å². The number of rotatable bonds is 5. The first-order valence-corrected chi connectivity index (χ1v) is 6.84. The van der Waals surface area contributed by atoms with Gasteiger partial charge in [-0.15, -0.1) is 11.6 Å². The molecule has 0 aliphatic rings. The second kappa shape index (κ2) is 6.23. The first-order valence-electron chi connectivity index (χ1n) is 6.41. The standard InChI is InChI=1S/C16H16ClF2N/c1-12(17)14-9-5-6-10-15(14)20-11-16(18,19)13-7-3-2-4-8-13/h2-10,12,20H,11H2,1H3. The maximum absolute atomic E-state index is 14.1. The Morgan fingerprint density at radius 2 is 1.65 bits per heavy atom. The van der Waals surface area contributed by atoms with Crippen molar-refractivity contribution in [2.24, 2.45) is 0 Å². The third-order valence-corrected chi connectivity index (χ3v) is 3.32. The van der Waals surface area contributed by atoms with E-state index in [1.807, 2.05) is 19.1 Å². The summed E-state index contributed by atoms with van der Waals surface area (Å²) in [5, 5.41) is 2.57. The van der Waals surface area contributed by atoms with E-state index in [0.717, 1.165) is 5.56 Å². The highest BCUT2D eigenvalue weighted by Crippen LogP contribution is 2.31. The molecule has 1 N–H and O–H groups in total. The van der Waals surface area contributed by atoms with E-state index in [1.54, 1.807) is 30.3 Å². The zero-order valence-corrected chi connectivity index (χ0v) is 11.9. The van der Waals surface area contributed by atoms with Gasteiger partial charge in [-0.2, -0.15) is 8.78 Å². The summed E-state index contributed by atoms with van der Waals surface area (Å²) in [6.45, 7) is 1.36. The molecule has 0 amide bonds. The molecule has 0 aromatic heterocycles. The molecule has 2 aromatic rings. The molecule has 106 valence electrons. The van der Waals surface area contributed by atoms with E-state index < -0.39 is 12.5 Å². The van der Waals surface area contributed by atoms with Gasteiger partial charge in [0, 0.05) is 11.3 Å². The molecule has 2 rings (SSSR count). The number of halogens is 3. The average molecular weight is 296 g/mol. The van der Waals surface area contributed by atoms with Crippen LogP contribution in [0.5, 0.6) is 0 Å². The van der Waals surface area contributed by atoms with Crippen LogP contribution < -0.4 is 5.32 Å². The Kier molecular flexibility index (Phi) is 4.61.